The van der Waals surface area contributed by atoms with Gasteiger partial charge in [0.1, 0.15) is 11.5 Å². The van der Waals surface area contributed by atoms with E-state index in [9.17, 15) is 8.42 Å². The van der Waals surface area contributed by atoms with E-state index in [-0.39, 0.29) is 9.79 Å². The van der Waals surface area contributed by atoms with E-state index >= 15 is 0 Å². The predicted molar refractivity (Wildman–Crippen MR) is 180 cm³/mol. The number of nitrogens with zero attached hydrogens (tertiary/aromatic N) is 3. The third kappa shape index (κ3) is 8.03. The first-order valence-corrected chi connectivity index (χ1v) is 15.9. The first kappa shape index (κ1) is 31.2. The fraction of sp³-hybridized carbons (Fsp3) is 0.212. The van der Waals surface area contributed by atoms with Crippen molar-refractivity contribution in [2.24, 2.45) is 9.98 Å². The average Bonchev–Trinajstić information content (AvgIpc) is 3.80. The van der Waals surface area contributed by atoms with Crippen molar-refractivity contribution < 1.29 is 17.9 Å². The molecule has 4 N–H and O–H groups in total. The SMILES string of the molecule is COc1ccc(N(C)c2ccc(NC3=NCCN3)cc2)cc1.COc1ccc(S(=O)(=O)c2ccc(NC3=NCCN3)cc2)cc1. The van der Waals surface area contributed by atoms with Gasteiger partial charge in [0.05, 0.1) is 37.1 Å². The Labute approximate surface area is 263 Å². The number of aliphatic imine (C=N–C) groups is 2. The van der Waals surface area contributed by atoms with Crippen LogP contribution in [0.25, 0.3) is 0 Å². The molecule has 0 atom stereocenters. The number of ether oxygens (including phenoxy) is 2. The number of methoxy groups -OCH3 is 2. The summed E-state index contributed by atoms with van der Waals surface area (Å²) < 4.78 is 35.4. The summed E-state index contributed by atoms with van der Waals surface area (Å²) in [6, 6.07) is 29.2. The molecule has 45 heavy (non-hydrogen) atoms. The monoisotopic (exact) mass is 627 g/mol. The van der Waals surface area contributed by atoms with Gasteiger partial charge in [0, 0.05) is 42.9 Å². The van der Waals surface area contributed by atoms with Crippen LogP contribution in [0.1, 0.15) is 0 Å². The molecule has 0 aromatic heterocycles. The number of hydrogen-bond donors (Lipinski definition) is 4. The predicted octanol–water partition coefficient (Wildman–Crippen LogP) is 4.73. The molecular formula is C33H37N7O4S. The van der Waals surface area contributed by atoms with E-state index in [1.165, 1.54) is 12.1 Å². The lowest BCUT2D eigenvalue weighted by atomic mass is 10.2. The average molecular weight is 628 g/mol. The van der Waals surface area contributed by atoms with Gasteiger partial charge in [-0.1, -0.05) is 0 Å². The molecule has 0 fully saturated rings. The lowest BCUT2D eigenvalue weighted by Crippen LogP contribution is -2.26. The Morgan fingerprint density at radius 2 is 1.00 bits per heavy atom. The van der Waals surface area contributed by atoms with E-state index in [1.54, 1.807) is 50.6 Å². The zero-order valence-corrected chi connectivity index (χ0v) is 26.3. The highest BCUT2D eigenvalue weighted by atomic mass is 32.2. The van der Waals surface area contributed by atoms with Crippen molar-refractivity contribution in [3.8, 4) is 11.5 Å². The quantitative estimate of drug-likeness (QED) is 0.219. The van der Waals surface area contributed by atoms with Gasteiger partial charge < -0.3 is 35.6 Å². The summed E-state index contributed by atoms with van der Waals surface area (Å²) in [7, 11) is 1.73. The van der Waals surface area contributed by atoms with Crippen molar-refractivity contribution in [1.29, 1.82) is 0 Å². The molecule has 2 heterocycles. The molecule has 6 rings (SSSR count). The van der Waals surface area contributed by atoms with Crippen LogP contribution in [0.15, 0.2) is 117 Å². The maximum Gasteiger partial charge on any atom is 0.206 e. The Kier molecular flexibility index (Phi) is 10.1. The molecule has 11 nitrogen and oxygen atoms in total. The highest BCUT2D eigenvalue weighted by Crippen LogP contribution is 2.27. The third-order valence-corrected chi connectivity index (χ3v) is 8.91. The fourth-order valence-electron chi connectivity index (χ4n) is 4.57. The Hall–Kier alpha value is -5.23. The van der Waals surface area contributed by atoms with Crippen LogP contribution in [0, 0.1) is 0 Å². The first-order chi connectivity index (χ1) is 21.9. The molecule has 2 aliphatic rings. The molecule has 12 heteroatoms. The van der Waals surface area contributed by atoms with Crippen molar-refractivity contribution in [1.82, 2.24) is 10.6 Å². The molecule has 2 aliphatic heterocycles. The summed E-state index contributed by atoms with van der Waals surface area (Å²) in [4.78, 5) is 11.2. The summed E-state index contributed by atoms with van der Waals surface area (Å²) >= 11 is 0. The highest BCUT2D eigenvalue weighted by molar-refractivity contribution is 7.91. The fourth-order valence-corrected chi connectivity index (χ4v) is 5.83. The number of hydrogen-bond acceptors (Lipinski definition) is 11. The Morgan fingerprint density at radius 1 is 0.622 bits per heavy atom. The zero-order valence-electron chi connectivity index (χ0n) is 25.4. The van der Waals surface area contributed by atoms with E-state index in [2.05, 4.69) is 60.4 Å². The molecular weight excluding hydrogens is 590 g/mol. The second kappa shape index (κ2) is 14.5. The lowest BCUT2D eigenvalue weighted by Gasteiger charge is -2.20. The topological polar surface area (TPSA) is 129 Å². The van der Waals surface area contributed by atoms with Crippen LogP contribution in [0.4, 0.5) is 22.7 Å². The number of guanidine groups is 2. The molecule has 0 saturated heterocycles. The Morgan fingerprint density at radius 3 is 1.40 bits per heavy atom. The molecule has 0 spiro atoms. The van der Waals surface area contributed by atoms with Crippen LogP contribution in [0.5, 0.6) is 11.5 Å². The van der Waals surface area contributed by atoms with Crippen LogP contribution >= 0.6 is 0 Å². The van der Waals surface area contributed by atoms with E-state index in [0.29, 0.717) is 11.7 Å². The van der Waals surface area contributed by atoms with Crippen molar-refractivity contribution in [2.75, 3.05) is 63.0 Å². The molecule has 0 amide bonds. The van der Waals surface area contributed by atoms with E-state index in [4.69, 9.17) is 9.47 Å². The summed E-state index contributed by atoms with van der Waals surface area (Å²) in [6.07, 6.45) is 0. The van der Waals surface area contributed by atoms with Gasteiger partial charge in [-0.15, -0.1) is 0 Å². The van der Waals surface area contributed by atoms with Crippen LogP contribution < -0.4 is 35.6 Å². The Bertz CT molecular complexity index is 1720. The minimum atomic E-state index is -3.54. The van der Waals surface area contributed by atoms with Crippen LogP contribution in [0.2, 0.25) is 0 Å². The van der Waals surface area contributed by atoms with Crippen molar-refractivity contribution >= 4 is 44.5 Å². The van der Waals surface area contributed by atoms with Crippen LogP contribution in [-0.4, -0.2) is 67.8 Å². The normalized spacial score (nSPS) is 13.7. The summed E-state index contributed by atoms with van der Waals surface area (Å²) in [5.74, 6) is 3.03. The number of sulfone groups is 1. The van der Waals surface area contributed by atoms with Crippen molar-refractivity contribution in [2.45, 2.75) is 9.79 Å². The zero-order chi connectivity index (χ0) is 31.6. The number of nitrogens with one attached hydrogen (secondary N) is 4. The summed E-state index contributed by atoms with van der Waals surface area (Å²) in [5.41, 5.74) is 4.05. The van der Waals surface area contributed by atoms with Crippen LogP contribution in [-0.2, 0) is 9.84 Å². The molecule has 0 saturated carbocycles. The highest BCUT2D eigenvalue weighted by Gasteiger charge is 2.18. The molecule has 0 aliphatic carbocycles. The largest absolute Gasteiger partial charge is 0.497 e. The van der Waals surface area contributed by atoms with Gasteiger partial charge in [0.25, 0.3) is 0 Å². The van der Waals surface area contributed by atoms with Gasteiger partial charge in [-0.05, 0) is 97.1 Å². The maximum absolute atomic E-state index is 12.6. The molecule has 0 unspecified atom stereocenters. The second-order valence-electron chi connectivity index (χ2n) is 10.1. The molecule has 0 radical (unpaired) electrons. The standard InChI is InChI=1S/C17H20N4O.C16H17N3O3S/c1-21(15-7-9-16(22-2)10-8-15)14-5-3-13(4-6-14)20-17-18-11-12-19-17;1-22-13-4-8-15(9-5-13)23(20,21)14-6-2-12(3-7-14)19-16-17-10-11-18-16/h3-10H,11-12H2,1-2H3,(H2,18,19,20);2-9H,10-11H2,1H3,(H2,17,18,19). The van der Waals surface area contributed by atoms with E-state index in [1.807, 2.05) is 31.3 Å². The van der Waals surface area contributed by atoms with Crippen molar-refractivity contribution in [3.05, 3.63) is 97.1 Å². The minimum absolute atomic E-state index is 0.237. The second-order valence-corrected chi connectivity index (χ2v) is 12.0. The van der Waals surface area contributed by atoms with Gasteiger partial charge >= 0.3 is 0 Å². The smallest absolute Gasteiger partial charge is 0.206 e. The maximum atomic E-state index is 12.6. The first-order valence-electron chi connectivity index (χ1n) is 14.4. The summed E-state index contributed by atoms with van der Waals surface area (Å²) in [5, 5.41) is 12.7. The third-order valence-electron chi connectivity index (χ3n) is 7.12. The Balaban J connectivity index is 0.000000178. The number of benzene rings is 4. The number of anilines is 4. The van der Waals surface area contributed by atoms with Gasteiger partial charge in [-0.2, -0.15) is 0 Å². The van der Waals surface area contributed by atoms with Crippen molar-refractivity contribution in [3.63, 3.8) is 0 Å². The molecule has 234 valence electrons. The van der Waals surface area contributed by atoms with Gasteiger partial charge in [0.15, 0.2) is 11.9 Å². The number of rotatable bonds is 8. The molecule has 0 bridgehead atoms. The van der Waals surface area contributed by atoms with Crippen LogP contribution in [0.3, 0.4) is 0 Å². The van der Waals surface area contributed by atoms with Gasteiger partial charge in [-0.25, -0.2) is 8.42 Å². The lowest BCUT2D eigenvalue weighted by molar-refractivity contribution is 0.414. The van der Waals surface area contributed by atoms with E-state index in [0.717, 1.165) is 60.6 Å². The molecule has 4 aromatic rings. The minimum Gasteiger partial charge on any atom is -0.497 e. The van der Waals surface area contributed by atoms with Gasteiger partial charge in [-0.3, -0.25) is 9.98 Å². The van der Waals surface area contributed by atoms with Gasteiger partial charge in [0.2, 0.25) is 9.84 Å². The summed E-state index contributed by atoms with van der Waals surface area (Å²) in [6.45, 7) is 3.29. The van der Waals surface area contributed by atoms with E-state index < -0.39 is 9.84 Å². The molecule has 4 aromatic carbocycles.